The first kappa shape index (κ1) is 16.9. The predicted molar refractivity (Wildman–Crippen MR) is 63.1 cm³/mol. The predicted octanol–water partition coefficient (Wildman–Crippen LogP) is 2.32. The second kappa shape index (κ2) is 12.3. The van der Waals surface area contributed by atoms with Crippen molar-refractivity contribution in [1.29, 1.82) is 0 Å². The van der Waals surface area contributed by atoms with Gasteiger partial charge in [-0.15, -0.1) is 0 Å². The van der Waals surface area contributed by atoms with Crippen molar-refractivity contribution in [2.24, 2.45) is 0 Å². The molecule has 0 radical (unpaired) electrons. The highest BCUT2D eigenvalue weighted by atomic mass is 17.2. The van der Waals surface area contributed by atoms with E-state index in [2.05, 4.69) is 19.6 Å². The number of hydrogen-bond donors (Lipinski definition) is 0. The standard InChI is InChI=1S/C12H22O6/c1-15-17-11(13)9-7-5-3-4-6-8-10-12(14)18-16-2/h3-10H2,1-2H3. The van der Waals surface area contributed by atoms with Gasteiger partial charge in [0.1, 0.15) is 0 Å². The Morgan fingerprint density at radius 2 is 1.00 bits per heavy atom. The highest BCUT2D eigenvalue weighted by Gasteiger charge is 2.03. The maximum absolute atomic E-state index is 10.9. The fourth-order valence-corrected chi connectivity index (χ4v) is 1.52. The smallest absolute Gasteiger partial charge is 0.299 e. The van der Waals surface area contributed by atoms with Gasteiger partial charge in [0, 0.05) is 12.8 Å². The SMILES string of the molecule is COOC(=O)CCCCCCCCC(=O)OOC. The zero-order valence-electron chi connectivity index (χ0n) is 11.1. The summed E-state index contributed by atoms with van der Waals surface area (Å²) >= 11 is 0. The van der Waals surface area contributed by atoms with Gasteiger partial charge in [-0.2, -0.15) is 9.78 Å². The third-order valence-electron chi connectivity index (χ3n) is 2.36. The summed E-state index contributed by atoms with van der Waals surface area (Å²) in [5.41, 5.74) is 0. The molecule has 0 N–H and O–H groups in total. The summed E-state index contributed by atoms with van der Waals surface area (Å²) in [6.07, 6.45) is 6.39. The molecule has 0 unspecified atom stereocenters. The summed E-state index contributed by atoms with van der Waals surface area (Å²) < 4.78 is 0. The lowest BCUT2D eigenvalue weighted by Gasteiger charge is -2.02. The van der Waals surface area contributed by atoms with E-state index in [-0.39, 0.29) is 11.9 Å². The van der Waals surface area contributed by atoms with Gasteiger partial charge >= 0.3 is 11.9 Å². The van der Waals surface area contributed by atoms with E-state index in [0.29, 0.717) is 12.8 Å². The molecule has 0 aromatic rings. The van der Waals surface area contributed by atoms with Crippen LogP contribution in [0.2, 0.25) is 0 Å². The fraction of sp³-hybridized carbons (Fsp3) is 0.833. The molecular formula is C12H22O6. The lowest BCUT2D eigenvalue weighted by Crippen LogP contribution is -2.03. The van der Waals surface area contributed by atoms with E-state index in [1.165, 1.54) is 14.2 Å². The third-order valence-corrected chi connectivity index (χ3v) is 2.36. The van der Waals surface area contributed by atoms with E-state index >= 15 is 0 Å². The first-order valence-electron chi connectivity index (χ1n) is 6.17. The second-order valence-corrected chi connectivity index (χ2v) is 3.87. The van der Waals surface area contributed by atoms with Gasteiger partial charge in [0.15, 0.2) is 0 Å². The molecule has 0 aromatic carbocycles. The van der Waals surface area contributed by atoms with Crippen LogP contribution in [-0.4, -0.2) is 26.2 Å². The van der Waals surface area contributed by atoms with Crippen LogP contribution in [0.25, 0.3) is 0 Å². The van der Waals surface area contributed by atoms with E-state index in [4.69, 9.17) is 0 Å². The molecule has 106 valence electrons. The molecule has 0 aliphatic rings. The number of unbranched alkanes of at least 4 members (excludes halogenated alkanes) is 5. The van der Waals surface area contributed by atoms with Gasteiger partial charge in [0.05, 0.1) is 14.2 Å². The summed E-state index contributed by atoms with van der Waals surface area (Å²) in [6, 6.07) is 0. The van der Waals surface area contributed by atoms with Crippen LogP contribution < -0.4 is 0 Å². The van der Waals surface area contributed by atoms with Crippen molar-refractivity contribution in [1.82, 2.24) is 0 Å². The van der Waals surface area contributed by atoms with Crippen LogP contribution in [0.4, 0.5) is 0 Å². The molecular weight excluding hydrogens is 240 g/mol. The zero-order valence-corrected chi connectivity index (χ0v) is 11.1. The third kappa shape index (κ3) is 11.3. The van der Waals surface area contributed by atoms with Gasteiger partial charge in [-0.25, -0.2) is 9.59 Å². The highest BCUT2D eigenvalue weighted by molar-refractivity contribution is 5.68. The minimum Gasteiger partial charge on any atom is -0.299 e. The molecule has 6 heteroatoms. The van der Waals surface area contributed by atoms with Crippen LogP contribution in [-0.2, 0) is 29.1 Å². The van der Waals surface area contributed by atoms with Crippen molar-refractivity contribution in [3.8, 4) is 0 Å². The van der Waals surface area contributed by atoms with Gasteiger partial charge in [-0.1, -0.05) is 25.7 Å². The first-order chi connectivity index (χ1) is 8.70. The number of carbonyl (C=O) groups excluding carboxylic acids is 2. The van der Waals surface area contributed by atoms with Crippen molar-refractivity contribution in [3.63, 3.8) is 0 Å². The van der Waals surface area contributed by atoms with Crippen molar-refractivity contribution in [3.05, 3.63) is 0 Å². The van der Waals surface area contributed by atoms with E-state index in [1.807, 2.05) is 0 Å². The Balaban J connectivity index is 3.16. The Bertz CT molecular complexity index is 205. The first-order valence-corrected chi connectivity index (χ1v) is 6.17. The minimum atomic E-state index is -0.334. The molecule has 0 heterocycles. The molecule has 0 atom stereocenters. The Hall–Kier alpha value is -1.14. The van der Waals surface area contributed by atoms with Gasteiger partial charge in [-0.05, 0) is 12.8 Å². The number of rotatable bonds is 11. The summed E-state index contributed by atoms with van der Waals surface area (Å²) in [6.45, 7) is 0. The molecule has 0 fully saturated rings. The quantitative estimate of drug-likeness (QED) is 0.323. The van der Waals surface area contributed by atoms with Crippen molar-refractivity contribution in [2.75, 3.05) is 14.2 Å². The number of carbonyl (C=O) groups is 2. The fourth-order valence-electron chi connectivity index (χ4n) is 1.52. The molecule has 0 spiro atoms. The number of hydrogen-bond acceptors (Lipinski definition) is 6. The summed E-state index contributed by atoms with van der Waals surface area (Å²) in [5.74, 6) is -0.667. The van der Waals surface area contributed by atoms with Crippen LogP contribution >= 0.6 is 0 Å². The average Bonchev–Trinajstić information content (AvgIpc) is 2.33. The van der Waals surface area contributed by atoms with Crippen LogP contribution in [0.5, 0.6) is 0 Å². The summed E-state index contributed by atoms with van der Waals surface area (Å²) in [4.78, 5) is 39.0. The largest absolute Gasteiger partial charge is 0.342 e. The van der Waals surface area contributed by atoms with Gasteiger partial charge in [0.25, 0.3) is 0 Å². The Morgan fingerprint density at radius 3 is 1.33 bits per heavy atom. The zero-order chi connectivity index (χ0) is 13.6. The molecule has 0 rings (SSSR count). The lowest BCUT2D eigenvalue weighted by atomic mass is 10.1. The molecule has 6 nitrogen and oxygen atoms in total. The molecule has 0 aromatic heterocycles. The maximum atomic E-state index is 10.9. The van der Waals surface area contributed by atoms with Crippen molar-refractivity contribution < 1.29 is 29.1 Å². The molecule has 0 aliphatic heterocycles. The Labute approximate surface area is 107 Å². The van der Waals surface area contributed by atoms with Crippen molar-refractivity contribution in [2.45, 2.75) is 51.4 Å². The van der Waals surface area contributed by atoms with Gasteiger partial charge in [0.2, 0.25) is 0 Å². The average molecular weight is 262 g/mol. The van der Waals surface area contributed by atoms with E-state index in [9.17, 15) is 9.59 Å². The summed E-state index contributed by atoms with van der Waals surface area (Å²) in [7, 11) is 2.62. The molecule has 0 bridgehead atoms. The summed E-state index contributed by atoms with van der Waals surface area (Å²) in [5, 5.41) is 0. The van der Waals surface area contributed by atoms with E-state index < -0.39 is 0 Å². The molecule has 18 heavy (non-hydrogen) atoms. The molecule has 0 amide bonds. The van der Waals surface area contributed by atoms with Gasteiger partial charge in [-0.3, -0.25) is 9.78 Å². The van der Waals surface area contributed by atoms with Crippen LogP contribution in [0.15, 0.2) is 0 Å². The Morgan fingerprint density at radius 1 is 0.667 bits per heavy atom. The minimum absolute atomic E-state index is 0.334. The highest BCUT2D eigenvalue weighted by Crippen LogP contribution is 2.09. The normalized spacial score (nSPS) is 10.1. The topological polar surface area (TPSA) is 71.1 Å². The molecule has 0 saturated carbocycles. The lowest BCUT2D eigenvalue weighted by molar-refractivity contribution is -0.255. The Kier molecular flexibility index (Phi) is 11.5. The van der Waals surface area contributed by atoms with E-state index in [1.54, 1.807) is 0 Å². The molecule has 0 aliphatic carbocycles. The van der Waals surface area contributed by atoms with Crippen molar-refractivity contribution >= 4 is 11.9 Å². The van der Waals surface area contributed by atoms with Crippen LogP contribution in [0.3, 0.4) is 0 Å². The maximum Gasteiger partial charge on any atom is 0.342 e. The van der Waals surface area contributed by atoms with Crippen LogP contribution in [0, 0.1) is 0 Å². The van der Waals surface area contributed by atoms with E-state index in [0.717, 1.165) is 38.5 Å². The van der Waals surface area contributed by atoms with Gasteiger partial charge < -0.3 is 0 Å². The monoisotopic (exact) mass is 262 g/mol. The molecule has 0 saturated heterocycles. The van der Waals surface area contributed by atoms with Crippen LogP contribution in [0.1, 0.15) is 51.4 Å². The second-order valence-electron chi connectivity index (χ2n) is 3.87.